The van der Waals surface area contributed by atoms with Crippen molar-refractivity contribution in [1.29, 1.82) is 0 Å². The van der Waals surface area contributed by atoms with E-state index in [0.717, 1.165) is 59.8 Å². The largest absolute Gasteiger partial charge is 0.311 e. The highest BCUT2D eigenvalue weighted by molar-refractivity contribution is 9.10. The first-order valence-electron chi connectivity index (χ1n) is 14.0. The maximum atomic E-state index is 13.7. The average Bonchev–Trinajstić information content (AvgIpc) is 3.36. The van der Waals surface area contributed by atoms with Crippen LogP contribution < -0.4 is 5.56 Å². The van der Waals surface area contributed by atoms with Crippen LogP contribution in [0.1, 0.15) is 52.4 Å². The molecule has 1 saturated heterocycles. The summed E-state index contributed by atoms with van der Waals surface area (Å²) in [7, 11) is 1.90. The molecule has 5 rings (SSSR count). The lowest BCUT2D eigenvalue weighted by atomic mass is 10.0. The first kappa shape index (κ1) is 28.3. The zero-order valence-electron chi connectivity index (χ0n) is 24.0. The maximum absolute atomic E-state index is 13.7. The topological polar surface area (TPSA) is 55.4 Å². The Morgan fingerprint density at radius 1 is 0.925 bits per heavy atom. The molecule has 1 fully saturated rings. The molecular weight excluding hydrogens is 566 g/mol. The monoisotopic (exact) mass is 603 g/mol. The van der Waals surface area contributed by atoms with Crippen molar-refractivity contribution in [1.82, 2.24) is 23.7 Å². The summed E-state index contributed by atoms with van der Waals surface area (Å²) >= 11 is 3.54. The summed E-state index contributed by atoms with van der Waals surface area (Å²) in [5.74, 6) is 0.102. The summed E-state index contributed by atoms with van der Waals surface area (Å²) in [4.78, 5) is 32.0. The van der Waals surface area contributed by atoms with Gasteiger partial charge in [0.15, 0.2) is 5.78 Å². The number of para-hydroxylation sites is 1. The van der Waals surface area contributed by atoms with E-state index in [1.54, 1.807) is 4.68 Å². The Balaban J connectivity index is 1.32. The van der Waals surface area contributed by atoms with Crippen LogP contribution in [-0.2, 0) is 7.05 Å². The van der Waals surface area contributed by atoms with Crippen LogP contribution in [0.4, 0.5) is 0 Å². The molecule has 1 aliphatic heterocycles. The minimum Gasteiger partial charge on any atom is -0.311 e. The molecule has 8 heteroatoms. The van der Waals surface area contributed by atoms with E-state index in [4.69, 9.17) is 0 Å². The number of piperazine rings is 1. The Kier molecular flexibility index (Phi) is 8.31. The van der Waals surface area contributed by atoms with Crippen molar-refractivity contribution in [3.05, 3.63) is 104 Å². The van der Waals surface area contributed by atoms with Crippen molar-refractivity contribution in [2.45, 2.75) is 40.2 Å². The molecule has 0 bridgehead atoms. The van der Waals surface area contributed by atoms with Gasteiger partial charge in [0.25, 0.3) is 5.56 Å². The van der Waals surface area contributed by atoms with Crippen LogP contribution in [0, 0.1) is 20.8 Å². The van der Waals surface area contributed by atoms with Crippen LogP contribution in [0.5, 0.6) is 0 Å². The minimum atomic E-state index is -0.0978. The molecule has 0 saturated carbocycles. The number of carbonyl (C=O) groups is 1. The molecule has 0 spiro atoms. The predicted molar refractivity (Wildman–Crippen MR) is 164 cm³/mol. The van der Waals surface area contributed by atoms with E-state index < -0.39 is 0 Å². The lowest BCUT2D eigenvalue weighted by molar-refractivity contribution is 0.0758. The lowest BCUT2D eigenvalue weighted by Gasteiger charge is -2.39. The van der Waals surface area contributed by atoms with Gasteiger partial charge >= 0.3 is 0 Å². The smallest absolute Gasteiger partial charge is 0.295 e. The number of halogens is 1. The van der Waals surface area contributed by atoms with E-state index in [-0.39, 0.29) is 11.3 Å². The fraction of sp³-hybridized carbons (Fsp3) is 0.375. The van der Waals surface area contributed by atoms with Crippen molar-refractivity contribution in [3.63, 3.8) is 0 Å². The second-order valence-electron chi connectivity index (χ2n) is 10.7. The van der Waals surface area contributed by atoms with Gasteiger partial charge in [0.2, 0.25) is 0 Å². The van der Waals surface area contributed by atoms with Crippen molar-refractivity contribution >= 4 is 21.7 Å². The Bertz CT molecular complexity index is 1560. The molecule has 2 aromatic carbocycles. The Hall–Kier alpha value is -3.20. The van der Waals surface area contributed by atoms with Gasteiger partial charge < -0.3 is 4.57 Å². The molecule has 0 N–H and O–H groups in total. The number of nitrogens with zero attached hydrogens (tertiary/aromatic N) is 5. The zero-order chi connectivity index (χ0) is 28.6. The molecule has 210 valence electrons. The Morgan fingerprint density at radius 2 is 1.57 bits per heavy atom. The predicted octanol–water partition coefficient (Wildman–Crippen LogP) is 5.61. The molecule has 1 aliphatic rings. The second kappa shape index (κ2) is 11.7. The molecule has 2 aromatic heterocycles. The maximum Gasteiger partial charge on any atom is 0.295 e. The Morgan fingerprint density at radius 3 is 2.20 bits per heavy atom. The van der Waals surface area contributed by atoms with E-state index >= 15 is 0 Å². The van der Waals surface area contributed by atoms with Crippen molar-refractivity contribution < 1.29 is 4.79 Å². The number of carbonyl (C=O) groups excluding carboxylic acids is 1. The van der Waals surface area contributed by atoms with Crippen molar-refractivity contribution in [2.75, 3.05) is 32.7 Å². The van der Waals surface area contributed by atoms with Gasteiger partial charge in [0, 0.05) is 60.7 Å². The van der Waals surface area contributed by atoms with Crippen LogP contribution in [0.2, 0.25) is 0 Å². The second-order valence-corrected chi connectivity index (χ2v) is 11.7. The third kappa shape index (κ3) is 5.28. The third-order valence-corrected chi connectivity index (χ3v) is 8.86. The van der Waals surface area contributed by atoms with Gasteiger partial charge in [-0.3, -0.25) is 24.1 Å². The number of hydrogen-bond donors (Lipinski definition) is 0. The fourth-order valence-electron chi connectivity index (χ4n) is 6.11. The fourth-order valence-corrected chi connectivity index (χ4v) is 6.38. The number of hydrogen-bond acceptors (Lipinski definition) is 4. The molecule has 0 amide bonds. The van der Waals surface area contributed by atoms with Gasteiger partial charge in [-0.2, -0.15) is 0 Å². The summed E-state index contributed by atoms with van der Waals surface area (Å²) < 4.78 is 6.61. The van der Waals surface area contributed by atoms with Crippen LogP contribution in [0.15, 0.2) is 69.9 Å². The van der Waals surface area contributed by atoms with Gasteiger partial charge in [-0.25, -0.2) is 4.68 Å². The minimum absolute atomic E-state index is 0.0978. The lowest BCUT2D eigenvalue weighted by Crippen LogP contribution is -2.48. The van der Waals surface area contributed by atoms with Gasteiger partial charge in [0.05, 0.1) is 17.9 Å². The quantitative estimate of drug-likeness (QED) is 0.246. The number of benzene rings is 2. The third-order valence-electron chi connectivity index (χ3n) is 8.34. The van der Waals surface area contributed by atoms with E-state index in [1.165, 1.54) is 5.56 Å². The van der Waals surface area contributed by atoms with E-state index in [1.807, 2.05) is 73.5 Å². The number of aromatic nitrogens is 3. The van der Waals surface area contributed by atoms with Crippen LogP contribution in [0.25, 0.3) is 11.4 Å². The molecular formula is C32H38BrN5O2. The number of rotatable bonds is 8. The van der Waals surface area contributed by atoms with Crippen LogP contribution in [-0.4, -0.2) is 62.2 Å². The standard InChI is InChI=1S/C32H38BrN5O2/c1-6-29(25-12-14-26(33)15-13-25)36-18-16-35(17-19-36)21-30(39)28-20-22(2)37(23(28)3)31-24(4)34(5)38(32(31)40)27-10-8-7-9-11-27/h7-15,20,29H,6,16-19,21H2,1-5H3. The van der Waals surface area contributed by atoms with Crippen LogP contribution >= 0.6 is 15.9 Å². The highest BCUT2D eigenvalue weighted by atomic mass is 79.9. The highest BCUT2D eigenvalue weighted by Gasteiger charge is 2.27. The van der Waals surface area contributed by atoms with Crippen molar-refractivity contribution in [2.24, 2.45) is 7.05 Å². The van der Waals surface area contributed by atoms with Crippen LogP contribution in [0.3, 0.4) is 0 Å². The SMILES string of the molecule is CCC(c1ccc(Br)cc1)N1CCN(CC(=O)c2cc(C)n(-c3c(C)n(C)n(-c4ccccc4)c3=O)c2C)CC1. The number of ketones is 1. The summed E-state index contributed by atoms with van der Waals surface area (Å²) in [5, 5.41) is 0. The first-order chi connectivity index (χ1) is 19.2. The average molecular weight is 605 g/mol. The molecule has 40 heavy (non-hydrogen) atoms. The Labute approximate surface area is 244 Å². The summed E-state index contributed by atoms with van der Waals surface area (Å²) in [5.41, 5.74) is 5.88. The first-order valence-corrected chi connectivity index (χ1v) is 14.8. The van der Waals surface area contributed by atoms with E-state index in [9.17, 15) is 9.59 Å². The summed E-state index contributed by atoms with van der Waals surface area (Å²) in [6.45, 7) is 12.1. The van der Waals surface area contributed by atoms with Gasteiger partial charge in [-0.05, 0) is 63.1 Å². The van der Waals surface area contributed by atoms with E-state index in [2.05, 4.69) is 56.9 Å². The molecule has 7 nitrogen and oxygen atoms in total. The normalized spacial score (nSPS) is 15.4. The van der Waals surface area contributed by atoms with E-state index in [0.29, 0.717) is 23.8 Å². The highest BCUT2D eigenvalue weighted by Crippen LogP contribution is 2.27. The van der Waals surface area contributed by atoms with Gasteiger partial charge in [-0.15, -0.1) is 0 Å². The molecule has 1 atom stereocenters. The summed E-state index contributed by atoms with van der Waals surface area (Å²) in [6, 6.07) is 20.6. The molecule has 0 radical (unpaired) electrons. The number of aryl methyl sites for hydroxylation is 1. The molecule has 3 heterocycles. The van der Waals surface area contributed by atoms with Gasteiger partial charge in [0.1, 0.15) is 5.69 Å². The zero-order valence-corrected chi connectivity index (χ0v) is 25.6. The van der Waals surface area contributed by atoms with Crippen molar-refractivity contribution in [3.8, 4) is 11.4 Å². The van der Waals surface area contributed by atoms with Gasteiger partial charge in [-0.1, -0.05) is 53.2 Å². The molecule has 4 aromatic rings. The molecule has 1 unspecified atom stereocenters. The number of Topliss-reactive ketones (excluding diaryl/α,β-unsaturated/α-hetero) is 1. The summed E-state index contributed by atoms with van der Waals surface area (Å²) in [6.07, 6.45) is 1.05. The molecule has 0 aliphatic carbocycles.